The third kappa shape index (κ3) is 5.59. The van der Waals surface area contributed by atoms with Gasteiger partial charge in [0.05, 0.1) is 0 Å². The van der Waals surface area contributed by atoms with Gasteiger partial charge >= 0.3 is 6.11 Å². The second-order valence-electron chi connectivity index (χ2n) is 8.74. The van der Waals surface area contributed by atoms with E-state index in [4.69, 9.17) is 0 Å². The molecule has 0 radical (unpaired) electrons. The van der Waals surface area contributed by atoms with Crippen molar-refractivity contribution in [2.75, 3.05) is 0 Å². The van der Waals surface area contributed by atoms with Gasteiger partial charge in [-0.05, 0) is 72.4 Å². The Kier molecular flexibility index (Phi) is 7.43. The first-order valence-electron chi connectivity index (χ1n) is 11.7. The smallest absolute Gasteiger partial charge is 0.429 e. The fraction of sp³-hybridized carbons (Fsp3) is 0.200. The molecule has 36 heavy (non-hydrogen) atoms. The Morgan fingerprint density at radius 3 is 1.86 bits per heavy atom. The topological polar surface area (TPSA) is 9.23 Å². The molecule has 4 aromatic rings. The van der Waals surface area contributed by atoms with Crippen LogP contribution in [0.1, 0.15) is 36.5 Å². The van der Waals surface area contributed by atoms with Gasteiger partial charge in [0.1, 0.15) is 28.8 Å². The Bertz CT molecular complexity index is 1320. The summed E-state index contributed by atoms with van der Waals surface area (Å²) in [6.45, 7) is 3.88. The molecule has 0 bridgehead atoms. The van der Waals surface area contributed by atoms with E-state index in [1.165, 1.54) is 42.0 Å². The number of benzene rings is 4. The van der Waals surface area contributed by atoms with E-state index in [9.17, 15) is 22.0 Å². The highest BCUT2D eigenvalue weighted by molar-refractivity contribution is 5.71. The molecular weight excluding hydrogens is 471 g/mol. The van der Waals surface area contributed by atoms with Crippen molar-refractivity contribution in [3.8, 4) is 28.0 Å². The van der Waals surface area contributed by atoms with Crippen molar-refractivity contribution in [1.29, 1.82) is 0 Å². The molecule has 0 aromatic heterocycles. The summed E-state index contributed by atoms with van der Waals surface area (Å²) >= 11 is 0. The van der Waals surface area contributed by atoms with Crippen LogP contribution in [0.25, 0.3) is 22.3 Å². The number of ether oxygens (including phenoxy) is 1. The third-order valence-corrected chi connectivity index (χ3v) is 5.99. The molecule has 4 aromatic carbocycles. The molecule has 0 fully saturated rings. The van der Waals surface area contributed by atoms with E-state index >= 15 is 0 Å². The maximum atomic E-state index is 15.0. The van der Waals surface area contributed by atoms with Gasteiger partial charge in [-0.3, -0.25) is 0 Å². The van der Waals surface area contributed by atoms with Crippen LogP contribution >= 0.6 is 0 Å². The van der Waals surface area contributed by atoms with E-state index < -0.39 is 29.1 Å². The summed E-state index contributed by atoms with van der Waals surface area (Å²) in [4.78, 5) is 0. The van der Waals surface area contributed by atoms with E-state index in [2.05, 4.69) is 11.7 Å². The molecule has 0 atom stereocenters. The van der Waals surface area contributed by atoms with Gasteiger partial charge in [-0.2, -0.15) is 8.78 Å². The molecule has 0 heterocycles. The fourth-order valence-electron chi connectivity index (χ4n) is 3.99. The Morgan fingerprint density at radius 2 is 1.28 bits per heavy atom. The van der Waals surface area contributed by atoms with E-state index in [0.29, 0.717) is 17.7 Å². The number of rotatable bonds is 8. The van der Waals surface area contributed by atoms with Crippen molar-refractivity contribution in [3.05, 3.63) is 113 Å². The lowest BCUT2D eigenvalue weighted by atomic mass is 9.97. The molecule has 0 saturated heterocycles. The minimum atomic E-state index is -4.27. The molecule has 0 saturated carbocycles. The summed E-state index contributed by atoms with van der Waals surface area (Å²) in [6.07, 6.45) is -1.13. The fourth-order valence-corrected chi connectivity index (χ4v) is 3.99. The summed E-state index contributed by atoms with van der Waals surface area (Å²) in [5.74, 6) is -4.04. The Morgan fingerprint density at radius 1 is 0.694 bits per heavy atom. The lowest BCUT2D eigenvalue weighted by Gasteiger charge is -2.20. The molecule has 0 aliphatic heterocycles. The van der Waals surface area contributed by atoms with Crippen LogP contribution in [-0.2, 0) is 12.5 Å². The highest BCUT2D eigenvalue weighted by Crippen LogP contribution is 2.38. The number of halogens is 5. The van der Waals surface area contributed by atoms with Crippen LogP contribution in [0.15, 0.2) is 78.9 Å². The number of aryl methyl sites for hydroxylation is 2. The summed E-state index contributed by atoms with van der Waals surface area (Å²) in [5.41, 5.74) is 1.54. The van der Waals surface area contributed by atoms with Crippen LogP contribution in [0, 0.1) is 24.4 Å². The van der Waals surface area contributed by atoms with Gasteiger partial charge in [-0.15, -0.1) is 0 Å². The number of hydrogen-bond donors (Lipinski definition) is 0. The van der Waals surface area contributed by atoms with Crippen LogP contribution in [0.4, 0.5) is 22.0 Å². The second-order valence-corrected chi connectivity index (χ2v) is 8.74. The molecule has 0 aliphatic rings. The largest absolute Gasteiger partial charge is 0.432 e. The Labute approximate surface area is 207 Å². The maximum Gasteiger partial charge on any atom is 0.432 e. The second kappa shape index (κ2) is 10.5. The van der Waals surface area contributed by atoms with Gasteiger partial charge in [0.2, 0.25) is 0 Å². The van der Waals surface area contributed by atoms with E-state index in [-0.39, 0.29) is 16.9 Å². The minimum Gasteiger partial charge on any atom is -0.429 e. The van der Waals surface area contributed by atoms with Crippen molar-refractivity contribution in [2.45, 2.75) is 39.2 Å². The van der Waals surface area contributed by atoms with Crippen LogP contribution in [0.5, 0.6) is 5.75 Å². The van der Waals surface area contributed by atoms with Gasteiger partial charge in [0.15, 0.2) is 0 Å². The van der Waals surface area contributed by atoms with Gasteiger partial charge in [-0.25, -0.2) is 13.2 Å². The SMILES string of the molecule is CCCCc1ccc(-c2ccc(-c3cc(F)c(C(F)(F)Oc4ccc(C)cc4)c(F)c3)c(F)c2)cc1. The number of unbranched alkanes of at least 4 members (excludes halogenated alkanes) is 1. The minimum absolute atomic E-state index is 0.106. The molecule has 0 unspecified atom stereocenters. The van der Waals surface area contributed by atoms with Crippen molar-refractivity contribution >= 4 is 0 Å². The van der Waals surface area contributed by atoms with Crippen LogP contribution in [0.2, 0.25) is 0 Å². The van der Waals surface area contributed by atoms with Crippen molar-refractivity contribution in [3.63, 3.8) is 0 Å². The highest BCUT2D eigenvalue weighted by Gasteiger charge is 2.41. The lowest BCUT2D eigenvalue weighted by molar-refractivity contribution is -0.189. The Hall–Kier alpha value is -3.67. The average molecular weight is 497 g/mol. The maximum absolute atomic E-state index is 15.0. The molecule has 186 valence electrons. The molecule has 4 rings (SSSR count). The lowest BCUT2D eigenvalue weighted by Crippen LogP contribution is -2.25. The Balaban J connectivity index is 1.60. The normalized spacial score (nSPS) is 11.5. The van der Waals surface area contributed by atoms with Crippen molar-refractivity contribution in [2.24, 2.45) is 0 Å². The summed E-state index contributed by atoms with van der Waals surface area (Å²) in [5, 5.41) is 0. The first kappa shape index (κ1) is 25.4. The quantitative estimate of drug-likeness (QED) is 0.221. The highest BCUT2D eigenvalue weighted by atomic mass is 19.3. The summed E-state index contributed by atoms with van der Waals surface area (Å²) in [6, 6.07) is 19.0. The molecular formula is C30H25F5O. The predicted octanol–water partition coefficient (Wildman–Crippen LogP) is 9.22. The van der Waals surface area contributed by atoms with E-state index in [1.54, 1.807) is 13.0 Å². The summed E-state index contributed by atoms with van der Waals surface area (Å²) in [7, 11) is 0. The zero-order chi connectivity index (χ0) is 25.9. The molecule has 0 spiro atoms. The zero-order valence-corrected chi connectivity index (χ0v) is 19.9. The van der Waals surface area contributed by atoms with E-state index in [0.717, 1.165) is 30.4 Å². The van der Waals surface area contributed by atoms with Crippen molar-refractivity contribution < 1.29 is 26.7 Å². The molecule has 0 aliphatic carbocycles. The van der Waals surface area contributed by atoms with Gasteiger partial charge in [0, 0.05) is 5.56 Å². The zero-order valence-electron chi connectivity index (χ0n) is 19.9. The monoisotopic (exact) mass is 496 g/mol. The van der Waals surface area contributed by atoms with Gasteiger partial charge in [0.25, 0.3) is 0 Å². The average Bonchev–Trinajstić information content (AvgIpc) is 2.83. The van der Waals surface area contributed by atoms with Gasteiger partial charge < -0.3 is 4.74 Å². The van der Waals surface area contributed by atoms with Crippen LogP contribution in [0.3, 0.4) is 0 Å². The van der Waals surface area contributed by atoms with Crippen molar-refractivity contribution in [1.82, 2.24) is 0 Å². The number of alkyl halides is 2. The summed E-state index contributed by atoms with van der Waals surface area (Å²) < 4.78 is 78.3. The molecule has 1 nitrogen and oxygen atoms in total. The molecule has 0 amide bonds. The number of hydrogen-bond acceptors (Lipinski definition) is 1. The van der Waals surface area contributed by atoms with Crippen LogP contribution < -0.4 is 4.74 Å². The first-order valence-corrected chi connectivity index (χ1v) is 11.7. The molecule has 6 heteroatoms. The standard InChI is InChI=1S/C30H25F5O/c1-3-4-5-20-8-10-21(11-9-20)22-12-15-25(26(31)16-22)23-17-27(32)29(28(33)18-23)30(34,35)36-24-13-6-19(2)7-14-24/h6-18H,3-5H2,1-2H3. The predicted molar refractivity (Wildman–Crippen MR) is 132 cm³/mol. The van der Waals surface area contributed by atoms with E-state index in [1.807, 2.05) is 24.3 Å². The molecule has 0 N–H and O–H groups in total. The van der Waals surface area contributed by atoms with Gasteiger partial charge in [-0.1, -0.05) is 67.4 Å². The first-order chi connectivity index (χ1) is 17.2. The van der Waals surface area contributed by atoms with Crippen LogP contribution in [-0.4, -0.2) is 0 Å². The third-order valence-electron chi connectivity index (χ3n) is 5.99.